The highest BCUT2D eigenvalue weighted by Crippen LogP contribution is 2.37. The van der Waals surface area contributed by atoms with Gasteiger partial charge in [0, 0.05) is 36.7 Å². The zero-order valence-electron chi connectivity index (χ0n) is 11.2. The Labute approximate surface area is 122 Å². The van der Waals surface area contributed by atoms with Crippen molar-refractivity contribution in [1.82, 2.24) is 4.90 Å². The first-order valence-electron chi connectivity index (χ1n) is 7.28. The van der Waals surface area contributed by atoms with Crippen molar-refractivity contribution < 1.29 is 13.6 Å². The molecule has 1 aliphatic heterocycles. The van der Waals surface area contributed by atoms with Gasteiger partial charge in [0.15, 0.2) is 0 Å². The van der Waals surface area contributed by atoms with Gasteiger partial charge >= 0.3 is 0 Å². The van der Waals surface area contributed by atoms with E-state index in [0.717, 1.165) is 37.6 Å². The third kappa shape index (κ3) is 3.89. The van der Waals surface area contributed by atoms with Crippen LogP contribution < -0.4 is 0 Å². The van der Waals surface area contributed by atoms with Gasteiger partial charge in [-0.15, -0.1) is 0 Å². The van der Waals surface area contributed by atoms with Gasteiger partial charge in [0.05, 0.1) is 0 Å². The van der Waals surface area contributed by atoms with Crippen LogP contribution in [0.15, 0.2) is 0 Å². The topological polar surface area (TPSA) is 20.3 Å². The fourth-order valence-electron chi connectivity index (χ4n) is 3.15. The SMILES string of the molecule is O=C(C1CCC(F)(F)CC1)N1CCCCCC1CBr. The number of carbonyl (C=O) groups is 1. The number of rotatable bonds is 2. The predicted octanol–water partition coefficient (Wildman–Crippen LogP) is 3.98. The molecule has 1 saturated heterocycles. The first-order chi connectivity index (χ1) is 9.03. The Balaban J connectivity index is 1.97. The van der Waals surface area contributed by atoms with E-state index in [1.54, 1.807) is 0 Å². The summed E-state index contributed by atoms with van der Waals surface area (Å²) in [4.78, 5) is 14.5. The van der Waals surface area contributed by atoms with E-state index < -0.39 is 5.92 Å². The third-order valence-corrected chi connectivity index (χ3v) is 5.15. The Hall–Kier alpha value is -0.190. The van der Waals surface area contributed by atoms with E-state index in [2.05, 4.69) is 15.9 Å². The Morgan fingerprint density at radius 3 is 2.47 bits per heavy atom. The van der Waals surface area contributed by atoms with Crippen molar-refractivity contribution in [2.24, 2.45) is 5.92 Å². The molecule has 110 valence electrons. The monoisotopic (exact) mass is 337 g/mol. The molecule has 1 saturated carbocycles. The zero-order valence-corrected chi connectivity index (χ0v) is 12.8. The van der Waals surface area contributed by atoms with Crippen molar-refractivity contribution in [3.05, 3.63) is 0 Å². The fourth-order valence-corrected chi connectivity index (χ4v) is 3.82. The molecule has 2 nitrogen and oxygen atoms in total. The van der Waals surface area contributed by atoms with Crippen molar-refractivity contribution >= 4 is 21.8 Å². The zero-order chi connectivity index (χ0) is 13.9. The normalized spacial score (nSPS) is 29.0. The minimum Gasteiger partial charge on any atom is -0.339 e. The van der Waals surface area contributed by atoms with Crippen LogP contribution in [0.2, 0.25) is 0 Å². The molecule has 5 heteroatoms. The molecule has 19 heavy (non-hydrogen) atoms. The Morgan fingerprint density at radius 1 is 1.16 bits per heavy atom. The second-order valence-corrected chi connectivity index (χ2v) is 6.47. The molecule has 0 aromatic heterocycles. The molecule has 0 spiro atoms. The lowest BCUT2D eigenvalue weighted by atomic mass is 9.85. The van der Waals surface area contributed by atoms with E-state index in [1.165, 1.54) is 0 Å². The summed E-state index contributed by atoms with van der Waals surface area (Å²) in [5, 5.41) is 0.793. The molecule has 1 aliphatic carbocycles. The molecule has 1 amide bonds. The lowest BCUT2D eigenvalue weighted by molar-refractivity contribution is -0.141. The predicted molar refractivity (Wildman–Crippen MR) is 74.7 cm³/mol. The number of hydrogen-bond donors (Lipinski definition) is 0. The largest absolute Gasteiger partial charge is 0.339 e. The molecule has 0 radical (unpaired) electrons. The third-order valence-electron chi connectivity index (χ3n) is 4.40. The van der Waals surface area contributed by atoms with E-state index in [9.17, 15) is 13.6 Å². The molecule has 2 rings (SSSR count). The number of carbonyl (C=O) groups excluding carboxylic acids is 1. The van der Waals surface area contributed by atoms with E-state index in [4.69, 9.17) is 0 Å². The summed E-state index contributed by atoms with van der Waals surface area (Å²) in [6, 6.07) is 0.248. The molecule has 0 N–H and O–H groups in total. The Bertz CT molecular complexity index is 315. The molecule has 0 aromatic carbocycles. The maximum absolute atomic E-state index is 13.2. The summed E-state index contributed by atoms with van der Waals surface area (Å²) in [7, 11) is 0. The van der Waals surface area contributed by atoms with Gasteiger partial charge in [-0.2, -0.15) is 0 Å². The maximum Gasteiger partial charge on any atom is 0.248 e. The van der Waals surface area contributed by atoms with Crippen LogP contribution >= 0.6 is 15.9 Å². The van der Waals surface area contributed by atoms with Gasteiger partial charge in [0.25, 0.3) is 0 Å². The first-order valence-corrected chi connectivity index (χ1v) is 8.40. The van der Waals surface area contributed by atoms with Gasteiger partial charge in [-0.25, -0.2) is 8.78 Å². The number of amides is 1. The molecular formula is C14H22BrF2NO. The second-order valence-electron chi connectivity index (χ2n) is 5.82. The highest BCUT2D eigenvalue weighted by atomic mass is 79.9. The number of alkyl halides is 3. The van der Waals surface area contributed by atoms with Crippen LogP contribution in [0.25, 0.3) is 0 Å². The van der Waals surface area contributed by atoms with Crippen LogP contribution in [0, 0.1) is 5.92 Å². The fraction of sp³-hybridized carbons (Fsp3) is 0.929. The summed E-state index contributed by atoms with van der Waals surface area (Å²) in [5.74, 6) is -2.62. The van der Waals surface area contributed by atoms with Crippen molar-refractivity contribution in [1.29, 1.82) is 0 Å². The summed E-state index contributed by atoms with van der Waals surface area (Å²) in [6.45, 7) is 0.794. The van der Waals surface area contributed by atoms with E-state index in [1.807, 2.05) is 4.90 Å². The number of likely N-dealkylation sites (tertiary alicyclic amines) is 1. The van der Waals surface area contributed by atoms with Crippen molar-refractivity contribution in [2.45, 2.75) is 63.3 Å². The average molecular weight is 338 g/mol. The van der Waals surface area contributed by atoms with Gasteiger partial charge in [0.1, 0.15) is 0 Å². The van der Waals surface area contributed by atoms with Crippen LogP contribution in [0.4, 0.5) is 8.78 Å². The van der Waals surface area contributed by atoms with Gasteiger partial charge in [-0.05, 0) is 25.7 Å². The summed E-state index contributed by atoms with van der Waals surface area (Å²) < 4.78 is 26.3. The molecule has 2 aliphatic rings. The van der Waals surface area contributed by atoms with E-state index >= 15 is 0 Å². The molecule has 1 heterocycles. The Kier molecular flexibility index (Phi) is 5.21. The number of halogens is 3. The molecule has 1 atom stereocenters. The minimum atomic E-state index is -2.55. The van der Waals surface area contributed by atoms with Crippen LogP contribution in [0.5, 0.6) is 0 Å². The van der Waals surface area contributed by atoms with E-state index in [-0.39, 0.29) is 30.7 Å². The van der Waals surface area contributed by atoms with Crippen molar-refractivity contribution in [3.63, 3.8) is 0 Å². The molecular weight excluding hydrogens is 316 g/mol. The second kappa shape index (κ2) is 6.51. The molecule has 0 bridgehead atoms. The van der Waals surface area contributed by atoms with E-state index in [0.29, 0.717) is 12.8 Å². The minimum absolute atomic E-state index is 0.113. The highest BCUT2D eigenvalue weighted by molar-refractivity contribution is 9.09. The number of nitrogens with zero attached hydrogens (tertiary/aromatic N) is 1. The average Bonchev–Trinajstić information content (AvgIpc) is 2.62. The standard InChI is InChI=1S/C14H22BrF2NO/c15-10-12-4-2-1-3-9-18(12)13(19)11-5-7-14(16,17)8-6-11/h11-12H,1-10H2. The van der Waals surface area contributed by atoms with Crippen LogP contribution in [0.3, 0.4) is 0 Å². The smallest absolute Gasteiger partial charge is 0.248 e. The van der Waals surface area contributed by atoms with Crippen LogP contribution in [-0.2, 0) is 4.79 Å². The molecule has 0 aromatic rings. The van der Waals surface area contributed by atoms with Crippen LogP contribution in [0.1, 0.15) is 51.4 Å². The molecule has 1 unspecified atom stereocenters. The number of hydrogen-bond acceptors (Lipinski definition) is 1. The highest BCUT2D eigenvalue weighted by Gasteiger charge is 2.39. The van der Waals surface area contributed by atoms with Gasteiger partial charge in [-0.1, -0.05) is 28.8 Å². The van der Waals surface area contributed by atoms with Gasteiger partial charge in [-0.3, -0.25) is 4.79 Å². The van der Waals surface area contributed by atoms with Gasteiger partial charge < -0.3 is 4.90 Å². The summed E-state index contributed by atoms with van der Waals surface area (Å²) in [5.41, 5.74) is 0. The lowest BCUT2D eigenvalue weighted by Crippen LogP contribution is -2.45. The van der Waals surface area contributed by atoms with Crippen molar-refractivity contribution in [3.8, 4) is 0 Å². The Morgan fingerprint density at radius 2 is 1.84 bits per heavy atom. The summed E-state index contributed by atoms with van der Waals surface area (Å²) >= 11 is 3.48. The van der Waals surface area contributed by atoms with Crippen LogP contribution in [-0.4, -0.2) is 34.6 Å². The van der Waals surface area contributed by atoms with Gasteiger partial charge in [0.2, 0.25) is 11.8 Å². The quantitative estimate of drug-likeness (QED) is 0.698. The summed E-state index contributed by atoms with van der Waals surface area (Å²) in [6.07, 6.45) is 4.82. The lowest BCUT2D eigenvalue weighted by Gasteiger charge is -2.35. The van der Waals surface area contributed by atoms with Crippen molar-refractivity contribution in [2.75, 3.05) is 11.9 Å². The maximum atomic E-state index is 13.2. The first kappa shape index (κ1) is 15.2. The molecule has 2 fully saturated rings.